The summed E-state index contributed by atoms with van der Waals surface area (Å²) < 4.78 is 3.03. The number of hydrogen-bond donors (Lipinski definition) is 2. The zero-order valence-electron chi connectivity index (χ0n) is 8.67. The third kappa shape index (κ3) is 1.74. The number of nitrogens with two attached hydrogens (primary N) is 1. The molecule has 7 heteroatoms. The molecule has 0 unspecified atom stereocenters. The number of aryl methyl sites for hydroxylation is 1. The molecule has 0 saturated carbocycles. The molecule has 0 spiro atoms. The number of nitrogen functional groups attached to an aromatic ring is 1. The van der Waals surface area contributed by atoms with Crippen LogP contribution in [0.25, 0.3) is 0 Å². The van der Waals surface area contributed by atoms with Crippen LogP contribution in [0.5, 0.6) is 0 Å². The molecule has 2 rings (SSSR count). The molecular weight excluding hydrogens is 210 g/mol. The van der Waals surface area contributed by atoms with Crippen molar-refractivity contribution in [3.8, 4) is 0 Å². The third-order valence-corrected chi connectivity index (χ3v) is 2.29. The van der Waals surface area contributed by atoms with Gasteiger partial charge >= 0.3 is 5.69 Å². The molecule has 84 valence electrons. The first-order valence-electron chi connectivity index (χ1n) is 4.64. The predicted molar refractivity (Wildman–Crippen MR) is 58.0 cm³/mol. The molecule has 0 saturated heterocycles. The minimum atomic E-state index is -0.534. The SMILES string of the molecule is Cn1ccnc1Cn1c(N)cc(=O)[nH]c1=O. The van der Waals surface area contributed by atoms with Gasteiger partial charge in [-0.15, -0.1) is 0 Å². The van der Waals surface area contributed by atoms with Gasteiger partial charge in [0.25, 0.3) is 5.56 Å². The van der Waals surface area contributed by atoms with Gasteiger partial charge in [0.1, 0.15) is 11.6 Å². The Labute approximate surface area is 90.2 Å². The Morgan fingerprint density at radius 2 is 2.25 bits per heavy atom. The smallest absolute Gasteiger partial charge is 0.330 e. The number of aromatic nitrogens is 4. The molecule has 0 bridgehead atoms. The minimum Gasteiger partial charge on any atom is -0.385 e. The van der Waals surface area contributed by atoms with Gasteiger partial charge in [-0.3, -0.25) is 14.3 Å². The number of imidazole rings is 1. The van der Waals surface area contributed by atoms with Crippen molar-refractivity contribution in [1.82, 2.24) is 19.1 Å². The number of nitrogens with one attached hydrogen (secondary N) is 1. The van der Waals surface area contributed by atoms with Gasteiger partial charge in [-0.05, 0) is 0 Å². The van der Waals surface area contributed by atoms with Gasteiger partial charge in [-0.2, -0.15) is 0 Å². The van der Waals surface area contributed by atoms with Crippen LogP contribution in [0.15, 0.2) is 28.0 Å². The van der Waals surface area contributed by atoms with E-state index in [9.17, 15) is 9.59 Å². The second kappa shape index (κ2) is 3.69. The summed E-state index contributed by atoms with van der Waals surface area (Å²) in [7, 11) is 1.81. The van der Waals surface area contributed by atoms with Crippen LogP contribution in [0.2, 0.25) is 0 Å². The second-order valence-corrected chi connectivity index (χ2v) is 3.40. The van der Waals surface area contributed by atoms with E-state index in [1.54, 1.807) is 17.0 Å². The van der Waals surface area contributed by atoms with Gasteiger partial charge in [0.05, 0.1) is 6.54 Å². The average molecular weight is 221 g/mol. The van der Waals surface area contributed by atoms with Crippen molar-refractivity contribution in [3.05, 3.63) is 45.1 Å². The number of anilines is 1. The fourth-order valence-electron chi connectivity index (χ4n) is 1.39. The molecule has 0 aliphatic heterocycles. The first-order valence-corrected chi connectivity index (χ1v) is 4.64. The van der Waals surface area contributed by atoms with Crippen molar-refractivity contribution >= 4 is 5.82 Å². The molecule has 2 aromatic rings. The van der Waals surface area contributed by atoms with Crippen molar-refractivity contribution in [2.45, 2.75) is 6.54 Å². The normalized spacial score (nSPS) is 10.6. The van der Waals surface area contributed by atoms with E-state index in [0.717, 1.165) is 0 Å². The second-order valence-electron chi connectivity index (χ2n) is 3.40. The highest BCUT2D eigenvalue weighted by Gasteiger charge is 2.06. The molecule has 0 atom stereocenters. The Balaban J connectivity index is 2.47. The van der Waals surface area contributed by atoms with Crippen molar-refractivity contribution in [3.63, 3.8) is 0 Å². The summed E-state index contributed by atoms with van der Waals surface area (Å²) in [6.07, 6.45) is 3.39. The summed E-state index contributed by atoms with van der Waals surface area (Å²) in [4.78, 5) is 28.7. The van der Waals surface area contributed by atoms with E-state index >= 15 is 0 Å². The van der Waals surface area contributed by atoms with Crippen LogP contribution < -0.4 is 17.0 Å². The Morgan fingerprint density at radius 1 is 1.50 bits per heavy atom. The Hall–Kier alpha value is -2.31. The minimum absolute atomic E-state index is 0.122. The average Bonchev–Trinajstić information content (AvgIpc) is 2.57. The predicted octanol–water partition coefficient (Wildman–Crippen LogP) is -1.10. The van der Waals surface area contributed by atoms with Gasteiger partial charge < -0.3 is 10.3 Å². The third-order valence-electron chi connectivity index (χ3n) is 2.29. The van der Waals surface area contributed by atoms with Crippen LogP contribution in [0.4, 0.5) is 5.82 Å². The van der Waals surface area contributed by atoms with Gasteiger partial charge in [0.2, 0.25) is 0 Å². The van der Waals surface area contributed by atoms with E-state index in [0.29, 0.717) is 5.82 Å². The lowest BCUT2D eigenvalue weighted by atomic mass is 10.5. The Bertz CT molecular complexity index is 621. The summed E-state index contributed by atoms with van der Waals surface area (Å²) in [5.41, 5.74) is 4.56. The van der Waals surface area contributed by atoms with E-state index < -0.39 is 11.2 Å². The zero-order valence-corrected chi connectivity index (χ0v) is 8.67. The number of aromatic amines is 1. The molecule has 2 heterocycles. The summed E-state index contributed by atoms with van der Waals surface area (Å²) in [5.74, 6) is 0.803. The monoisotopic (exact) mass is 221 g/mol. The van der Waals surface area contributed by atoms with Gasteiger partial charge in [-0.25, -0.2) is 9.78 Å². The summed E-state index contributed by atoms with van der Waals surface area (Å²) in [6, 6.07) is 1.17. The van der Waals surface area contributed by atoms with Crippen LogP contribution in [0.1, 0.15) is 5.82 Å². The van der Waals surface area contributed by atoms with Crippen molar-refractivity contribution < 1.29 is 0 Å². The van der Waals surface area contributed by atoms with E-state index in [1.807, 2.05) is 7.05 Å². The van der Waals surface area contributed by atoms with E-state index in [-0.39, 0.29) is 12.4 Å². The lowest BCUT2D eigenvalue weighted by molar-refractivity contribution is 0.666. The highest BCUT2D eigenvalue weighted by molar-refractivity contribution is 5.26. The molecule has 0 amide bonds. The standard InChI is InChI=1S/C9H11N5O2/c1-13-3-2-11-7(13)5-14-6(10)4-8(15)12-9(14)16/h2-4H,5,10H2,1H3,(H,12,15,16). The summed E-state index contributed by atoms with van der Waals surface area (Å²) in [6.45, 7) is 0.227. The Morgan fingerprint density at radius 3 is 2.81 bits per heavy atom. The fourth-order valence-corrected chi connectivity index (χ4v) is 1.39. The molecule has 16 heavy (non-hydrogen) atoms. The maximum atomic E-state index is 11.5. The van der Waals surface area contributed by atoms with Crippen LogP contribution in [-0.4, -0.2) is 19.1 Å². The first kappa shape index (κ1) is 10.2. The van der Waals surface area contributed by atoms with Crippen molar-refractivity contribution in [2.24, 2.45) is 7.05 Å². The Kier molecular flexibility index (Phi) is 2.35. The maximum absolute atomic E-state index is 11.5. The summed E-state index contributed by atoms with van der Waals surface area (Å²) >= 11 is 0. The summed E-state index contributed by atoms with van der Waals surface area (Å²) in [5, 5.41) is 0. The number of rotatable bonds is 2. The topological polar surface area (TPSA) is 98.7 Å². The first-order chi connectivity index (χ1) is 7.58. The molecule has 0 fully saturated rings. The van der Waals surface area contributed by atoms with E-state index in [2.05, 4.69) is 9.97 Å². The van der Waals surface area contributed by atoms with Gasteiger partial charge in [0.15, 0.2) is 0 Å². The number of hydrogen-bond acceptors (Lipinski definition) is 4. The van der Waals surface area contributed by atoms with Crippen molar-refractivity contribution in [1.29, 1.82) is 0 Å². The highest BCUT2D eigenvalue weighted by Crippen LogP contribution is 2.00. The molecule has 0 aliphatic carbocycles. The largest absolute Gasteiger partial charge is 0.385 e. The lowest BCUT2D eigenvalue weighted by Gasteiger charge is -2.07. The molecular formula is C9H11N5O2. The zero-order chi connectivity index (χ0) is 11.7. The van der Waals surface area contributed by atoms with Crippen LogP contribution in [-0.2, 0) is 13.6 Å². The molecule has 0 aromatic carbocycles. The van der Waals surface area contributed by atoms with Gasteiger partial charge in [0, 0.05) is 25.5 Å². The number of H-pyrrole nitrogens is 1. The number of nitrogens with zero attached hydrogens (tertiary/aromatic N) is 3. The van der Waals surface area contributed by atoms with Gasteiger partial charge in [-0.1, -0.05) is 0 Å². The molecule has 7 nitrogen and oxygen atoms in total. The molecule has 0 radical (unpaired) electrons. The highest BCUT2D eigenvalue weighted by atomic mass is 16.2. The molecule has 3 N–H and O–H groups in total. The van der Waals surface area contributed by atoms with E-state index in [1.165, 1.54) is 10.6 Å². The fraction of sp³-hybridized carbons (Fsp3) is 0.222. The molecule has 2 aromatic heterocycles. The molecule has 0 aliphatic rings. The lowest BCUT2D eigenvalue weighted by Crippen LogP contribution is -2.32. The van der Waals surface area contributed by atoms with Crippen molar-refractivity contribution in [2.75, 3.05) is 5.73 Å². The van der Waals surface area contributed by atoms with Crippen LogP contribution in [0, 0.1) is 0 Å². The van der Waals surface area contributed by atoms with Crippen LogP contribution >= 0.6 is 0 Å². The maximum Gasteiger partial charge on any atom is 0.330 e. The quantitative estimate of drug-likeness (QED) is 0.672. The van der Waals surface area contributed by atoms with E-state index in [4.69, 9.17) is 5.73 Å². The van der Waals surface area contributed by atoms with Crippen LogP contribution in [0.3, 0.4) is 0 Å².